The molecule has 2 aromatic rings. The van der Waals surface area contributed by atoms with Crippen LogP contribution in [0.5, 0.6) is 0 Å². The lowest BCUT2D eigenvalue weighted by molar-refractivity contribution is -0.130. The molecule has 0 N–H and O–H groups in total. The second-order valence-electron chi connectivity index (χ2n) is 8.20. The van der Waals surface area contributed by atoms with Crippen molar-refractivity contribution in [3.05, 3.63) is 57.0 Å². The highest BCUT2D eigenvalue weighted by Crippen LogP contribution is 2.24. The van der Waals surface area contributed by atoms with Crippen molar-refractivity contribution in [2.45, 2.75) is 39.7 Å². The fourth-order valence-electron chi connectivity index (χ4n) is 3.40. The van der Waals surface area contributed by atoms with Gasteiger partial charge in [-0.3, -0.25) is 9.59 Å². The highest BCUT2D eigenvalue weighted by molar-refractivity contribution is 6.33. The predicted molar refractivity (Wildman–Crippen MR) is 112 cm³/mol. The van der Waals surface area contributed by atoms with Crippen LogP contribution < -0.4 is 10.5 Å². The van der Waals surface area contributed by atoms with Crippen LogP contribution in [0, 0.1) is 6.92 Å². The second kappa shape index (κ2) is 7.95. The van der Waals surface area contributed by atoms with Gasteiger partial charge in [0, 0.05) is 26.2 Å². The number of aryl methyl sites for hydroxylation is 1. The number of benzene rings is 1. The number of piperazine rings is 1. The lowest BCUT2D eigenvalue weighted by atomic mass is 10.1. The van der Waals surface area contributed by atoms with Crippen LogP contribution in [0.3, 0.4) is 0 Å². The molecule has 0 unspecified atom stereocenters. The van der Waals surface area contributed by atoms with Crippen molar-refractivity contribution in [2.75, 3.05) is 31.1 Å². The first-order chi connectivity index (χ1) is 13.2. The number of aromatic nitrogens is 2. The Morgan fingerprint density at radius 1 is 1.14 bits per heavy atom. The third kappa shape index (κ3) is 4.22. The van der Waals surface area contributed by atoms with E-state index in [0.717, 1.165) is 11.1 Å². The second-order valence-corrected chi connectivity index (χ2v) is 8.58. The van der Waals surface area contributed by atoms with E-state index in [1.807, 2.05) is 61.8 Å². The number of amides is 1. The Balaban J connectivity index is 1.67. The number of halogens is 1. The summed E-state index contributed by atoms with van der Waals surface area (Å²) in [6.07, 6.45) is 2.07. The monoisotopic (exact) mass is 402 g/mol. The molecule has 0 spiro atoms. The van der Waals surface area contributed by atoms with E-state index >= 15 is 0 Å². The average molecular weight is 403 g/mol. The van der Waals surface area contributed by atoms with Gasteiger partial charge in [0.2, 0.25) is 5.91 Å². The lowest BCUT2D eigenvalue weighted by Crippen LogP contribution is -2.50. The maximum Gasteiger partial charge on any atom is 0.288 e. The van der Waals surface area contributed by atoms with Crippen LogP contribution in [0.15, 0.2) is 35.3 Å². The standard InChI is InChI=1S/C21H27ClN4O2/c1-15-7-5-6-8-16(15)13-18(27)25-11-9-24(10-12-25)17-14-23-26(21(2,3)4)20(28)19(17)22/h5-8,14H,9-13H2,1-4H3. The third-order valence-electron chi connectivity index (χ3n) is 5.11. The van der Waals surface area contributed by atoms with Crippen LogP contribution in [0.1, 0.15) is 31.9 Å². The lowest BCUT2D eigenvalue weighted by Gasteiger charge is -2.36. The molecule has 1 aliphatic heterocycles. The van der Waals surface area contributed by atoms with Crippen LogP contribution in [-0.2, 0) is 16.8 Å². The van der Waals surface area contributed by atoms with Gasteiger partial charge in [-0.25, -0.2) is 4.68 Å². The number of carbonyl (C=O) groups is 1. The molecular weight excluding hydrogens is 376 g/mol. The van der Waals surface area contributed by atoms with Crippen LogP contribution in [0.2, 0.25) is 5.02 Å². The first kappa shape index (κ1) is 20.4. The summed E-state index contributed by atoms with van der Waals surface area (Å²) in [7, 11) is 0. The molecule has 28 heavy (non-hydrogen) atoms. The fourth-order valence-corrected chi connectivity index (χ4v) is 3.65. The Bertz CT molecular complexity index is 925. The summed E-state index contributed by atoms with van der Waals surface area (Å²) in [5, 5.41) is 4.49. The Hall–Kier alpha value is -2.34. The molecule has 1 aliphatic rings. The molecule has 0 atom stereocenters. The number of nitrogens with zero attached hydrogens (tertiary/aromatic N) is 4. The minimum atomic E-state index is -0.431. The van der Waals surface area contributed by atoms with Gasteiger partial charge in [0.1, 0.15) is 5.02 Å². The van der Waals surface area contributed by atoms with E-state index in [1.54, 1.807) is 6.20 Å². The predicted octanol–water partition coefficient (Wildman–Crippen LogP) is 2.85. The summed E-state index contributed by atoms with van der Waals surface area (Å²) in [5.74, 6) is 0.126. The maximum absolute atomic E-state index is 12.7. The van der Waals surface area contributed by atoms with Crippen LogP contribution in [-0.4, -0.2) is 46.8 Å². The zero-order chi connectivity index (χ0) is 20.5. The molecule has 0 saturated carbocycles. The summed E-state index contributed by atoms with van der Waals surface area (Å²) in [6.45, 7) is 10.2. The fraction of sp³-hybridized carbons (Fsp3) is 0.476. The molecule has 1 aromatic heterocycles. The maximum atomic E-state index is 12.7. The first-order valence-electron chi connectivity index (χ1n) is 9.54. The molecular formula is C21H27ClN4O2. The van der Waals surface area contributed by atoms with Gasteiger partial charge in [-0.05, 0) is 38.8 Å². The van der Waals surface area contributed by atoms with Gasteiger partial charge >= 0.3 is 0 Å². The molecule has 2 heterocycles. The van der Waals surface area contributed by atoms with E-state index in [9.17, 15) is 9.59 Å². The quantitative estimate of drug-likeness (QED) is 0.792. The largest absolute Gasteiger partial charge is 0.365 e. The van der Waals surface area contributed by atoms with Crippen LogP contribution >= 0.6 is 11.6 Å². The van der Waals surface area contributed by atoms with Gasteiger partial charge in [-0.1, -0.05) is 35.9 Å². The van der Waals surface area contributed by atoms with Crippen molar-refractivity contribution in [3.63, 3.8) is 0 Å². The molecule has 1 amide bonds. The zero-order valence-electron chi connectivity index (χ0n) is 16.9. The van der Waals surface area contributed by atoms with Crippen molar-refractivity contribution < 1.29 is 4.79 Å². The molecule has 0 aliphatic carbocycles. The summed E-state index contributed by atoms with van der Waals surface area (Å²) < 4.78 is 1.40. The van der Waals surface area contributed by atoms with Crippen molar-refractivity contribution >= 4 is 23.2 Å². The molecule has 150 valence electrons. The van der Waals surface area contributed by atoms with Crippen molar-refractivity contribution in [2.24, 2.45) is 0 Å². The minimum absolute atomic E-state index is 0.126. The number of anilines is 1. The van der Waals surface area contributed by atoms with E-state index in [-0.39, 0.29) is 16.5 Å². The van der Waals surface area contributed by atoms with Crippen LogP contribution in [0.25, 0.3) is 0 Å². The molecule has 3 rings (SSSR count). The summed E-state index contributed by atoms with van der Waals surface area (Å²) in [4.78, 5) is 29.1. The Kier molecular flexibility index (Phi) is 5.79. The Labute approximate surface area is 170 Å². The topological polar surface area (TPSA) is 58.4 Å². The van der Waals surface area contributed by atoms with Gasteiger partial charge in [0.15, 0.2) is 0 Å². The minimum Gasteiger partial charge on any atom is -0.365 e. The molecule has 0 radical (unpaired) electrons. The normalized spacial score (nSPS) is 15.0. The third-order valence-corrected chi connectivity index (χ3v) is 5.47. The molecule has 1 fully saturated rings. The molecule has 1 saturated heterocycles. The highest BCUT2D eigenvalue weighted by atomic mass is 35.5. The Morgan fingerprint density at radius 2 is 1.79 bits per heavy atom. The zero-order valence-corrected chi connectivity index (χ0v) is 17.7. The van der Waals surface area contributed by atoms with E-state index in [4.69, 9.17) is 11.6 Å². The summed E-state index contributed by atoms with van der Waals surface area (Å²) in [6, 6.07) is 7.96. The molecule has 1 aromatic carbocycles. The Morgan fingerprint density at radius 3 is 2.39 bits per heavy atom. The average Bonchev–Trinajstić information content (AvgIpc) is 2.65. The van der Waals surface area contributed by atoms with Crippen molar-refractivity contribution in [1.82, 2.24) is 14.7 Å². The summed E-state index contributed by atoms with van der Waals surface area (Å²) >= 11 is 6.37. The van der Waals surface area contributed by atoms with Crippen LogP contribution in [0.4, 0.5) is 5.69 Å². The van der Waals surface area contributed by atoms with Gasteiger partial charge < -0.3 is 9.80 Å². The van der Waals surface area contributed by atoms with E-state index in [2.05, 4.69) is 5.10 Å². The number of hydrogen-bond acceptors (Lipinski definition) is 4. The number of rotatable bonds is 3. The molecule has 7 heteroatoms. The summed E-state index contributed by atoms with van der Waals surface area (Å²) in [5.41, 5.74) is 2.11. The van der Waals surface area contributed by atoms with E-state index in [1.165, 1.54) is 4.68 Å². The van der Waals surface area contributed by atoms with E-state index < -0.39 is 5.54 Å². The molecule has 6 nitrogen and oxygen atoms in total. The van der Waals surface area contributed by atoms with E-state index in [0.29, 0.717) is 38.3 Å². The smallest absolute Gasteiger partial charge is 0.288 e. The molecule has 0 bridgehead atoms. The van der Waals surface area contributed by atoms with Gasteiger partial charge in [-0.2, -0.15) is 5.10 Å². The number of carbonyl (C=O) groups excluding carboxylic acids is 1. The SMILES string of the molecule is Cc1ccccc1CC(=O)N1CCN(c2cnn(C(C)(C)C)c(=O)c2Cl)CC1. The first-order valence-corrected chi connectivity index (χ1v) is 9.92. The number of hydrogen-bond donors (Lipinski definition) is 0. The van der Waals surface area contributed by atoms with Crippen molar-refractivity contribution in [1.29, 1.82) is 0 Å². The van der Waals surface area contributed by atoms with Gasteiger partial charge in [-0.15, -0.1) is 0 Å². The van der Waals surface area contributed by atoms with Gasteiger partial charge in [0.05, 0.1) is 23.8 Å². The van der Waals surface area contributed by atoms with Crippen molar-refractivity contribution in [3.8, 4) is 0 Å². The highest BCUT2D eigenvalue weighted by Gasteiger charge is 2.26. The van der Waals surface area contributed by atoms with Gasteiger partial charge in [0.25, 0.3) is 5.56 Å².